The third kappa shape index (κ3) is 5.14. The smallest absolute Gasteiger partial charge is 0.313 e. The zero-order valence-corrected chi connectivity index (χ0v) is 15.4. The number of hydrogen-bond acceptors (Lipinski definition) is 3. The van der Waals surface area contributed by atoms with E-state index in [0.29, 0.717) is 0 Å². The Kier molecular flexibility index (Phi) is 5.97. The lowest BCUT2D eigenvalue weighted by molar-refractivity contribution is -0.133. The zero-order chi connectivity index (χ0) is 18.4. The molecule has 4 heteroatoms. The molecule has 0 fully saturated rings. The van der Waals surface area contributed by atoms with Crippen molar-refractivity contribution in [2.75, 3.05) is 11.1 Å². The third-order valence-corrected chi connectivity index (χ3v) is 4.99. The van der Waals surface area contributed by atoms with E-state index >= 15 is 0 Å². The van der Waals surface area contributed by atoms with Gasteiger partial charge in [0.2, 0.25) is 0 Å². The summed E-state index contributed by atoms with van der Waals surface area (Å²) in [6.45, 7) is 2.84. The quantitative estimate of drug-likeness (QED) is 0.548. The van der Waals surface area contributed by atoms with Crippen LogP contribution in [0.5, 0.6) is 0 Å². The summed E-state index contributed by atoms with van der Waals surface area (Å²) >= 11 is 1.33. The SMILES string of the molecule is Cc1cccc(-c2cccc(CNc3ccc(SCC(=O)O)cc3)c2)c1. The van der Waals surface area contributed by atoms with Crippen molar-refractivity contribution in [2.24, 2.45) is 0 Å². The Morgan fingerprint density at radius 1 is 0.962 bits per heavy atom. The summed E-state index contributed by atoms with van der Waals surface area (Å²) in [6.07, 6.45) is 0. The lowest BCUT2D eigenvalue weighted by Crippen LogP contribution is -2.00. The summed E-state index contributed by atoms with van der Waals surface area (Å²) in [6, 6.07) is 24.9. The molecule has 3 aromatic carbocycles. The Balaban J connectivity index is 1.63. The maximum atomic E-state index is 10.6. The molecule has 0 unspecified atom stereocenters. The molecular formula is C22H21NO2S. The van der Waals surface area contributed by atoms with Crippen LogP contribution in [0.4, 0.5) is 5.69 Å². The molecule has 0 saturated heterocycles. The Hall–Kier alpha value is -2.72. The van der Waals surface area contributed by atoms with Gasteiger partial charge in [-0.15, -0.1) is 11.8 Å². The van der Waals surface area contributed by atoms with Crippen LogP contribution in [0.25, 0.3) is 11.1 Å². The van der Waals surface area contributed by atoms with Gasteiger partial charge in [-0.05, 0) is 53.9 Å². The van der Waals surface area contributed by atoms with Crippen LogP contribution in [-0.2, 0) is 11.3 Å². The van der Waals surface area contributed by atoms with Gasteiger partial charge in [0.1, 0.15) is 0 Å². The van der Waals surface area contributed by atoms with E-state index in [4.69, 9.17) is 5.11 Å². The van der Waals surface area contributed by atoms with Crippen LogP contribution < -0.4 is 5.32 Å². The van der Waals surface area contributed by atoms with E-state index in [-0.39, 0.29) is 5.75 Å². The molecule has 0 bridgehead atoms. The highest BCUT2D eigenvalue weighted by molar-refractivity contribution is 8.00. The van der Waals surface area contributed by atoms with E-state index in [1.807, 2.05) is 24.3 Å². The number of nitrogens with one attached hydrogen (secondary N) is 1. The molecule has 0 aliphatic carbocycles. The molecule has 26 heavy (non-hydrogen) atoms. The second-order valence-electron chi connectivity index (χ2n) is 6.13. The van der Waals surface area contributed by atoms with Gasteiger partial charge in [0, 0.05) is 17.1 Å². The molecular weight excluding hydrogens is 342 g/mol. The lowest BCUT2D eigenvalue weighted by Gasteiger charge is -2.09. The van der Waals surface area contributed by atoms with E-state index in [9.17, 15) is 4.79 Å². The van der Waals surface area contributed by atoms with Gasteiger partial charge in [-0.25, -0.2) is 0 Å². The molecule has 0 radical (unpaired) electrons. The van der Waals surface area contributed by atoms with Crippen LogP contribution in [0.2, 0.25) is 0 Å². The van der Waals surface area contributed by atoms with Crippen LogP contribution in [0.1, 0.15) is 11.1 Å². The van der Waals surface area contributed by atoms with Crippen LogP contribution in [0.15, 0.2) is 77.7 Å². The molecule has 0 spiro atoms. The minimum atomic E-state index is -0.800. The molecule has 0 amide bonds. The predicted octanol–water partition coefficient (Wildman–Crippen LogP) is 5.45. The molecule has 3 nitrogen and oxygen atoms in total. The van der Waals surface area contributed by atoms with Gasteiger partial charge < -0.3 is 10.4 Å². The number of rotatable bonds is 7. The van der Waals surface area contributed by atoms with Crippen molar-refractivity contribution >= 4 is 23.4 Å². The first-order chi connectivity index (χ1) is 12.6. The lowest BCUT2D eigenvalue weighted by atomic mass is 10.0. The fraction of sp³-hybridized carbons (Fsp3) is 0.136. The molecule has 0 atom stereocenters. The molecule has 0 aliphatic rings. The van der Waals surface area contributed by atoms with Gasteiger partial charge in [0.25, 0.3) is 0 Å². The maximum absolute atomic E-state index is 10.6. The van der Waals surface area contributed by atoms with Crippen molar-refractivity contribution in [1.82, 2.24) is 0 Å². The number of carboxylic acid groups (broad SMARTS) is 1. The molecule has 3 aromatic rings. The summed E-state index contributed by atoms with van der Waals surface area (Å²) in [5, 5.41) is 12.1. The second kappa shape index (κ2) is 8.59. The van der Waals surface area contributed by atoms with E-state index in [1.165, 1.54) is 34.0 Å². The van der Waals surface area contributed by atoms with Gasteiger partial charge in [-0.2, -0.15) is 0 Å². The van der Waals surface area contributed by atoms with E-state index in [2.05, 4.69) is 60.8 Å². The van der Waals surface area contributed by atoms with Crippen molar-refractivity contribution < 1.29 is 9.90 Å². The van der Waals surface area contributed by atoms with E-state index < -0.39 is 5.97 Å². The molecule has 0 aromatic heterocycles. The largest absolute Gasteiger partial charge is 0.481 e. The number of hydrogen-bond donors (Lipinski definition) is 2. The van der Waals surface area contributed by atoms with Gasteiger partial charge in [-0.3, -0.25) is 4.79 Å². The van der Waals surface area contributed by atoms with E-state index in [0.717, 1.165) is 17.1 Å². The van der Waals surface area contributed by atoms with Crippen molar-refractivity contribution in [3.8, 4) is 11.1 Å². The highest BCUT2D eigenvalue weighted by atomic mass is 32.2. The fourth-order valence-corrected chi connectivity index (χ4v) is 3.32. The molecule has 132 valence electrons. The normalized spacial score (nSPS) is 10.5. The predicted molar refractivity (Wildman–Crippen MR) is 109 cm³/mol. The second-order valence-corrected chi connectivity index (χ2v) is 7.18. The number of aryl methyl sites for hydroxylation is 1. The number of aliphatic carboxylic acids is 1. The van der Waals surface area contributed by atoms with Gasteiger partial charge in [-0.1, -0.05) is 48.0 Å². The van der Waals surface area contributed by atoms with Crippen molar-refractivity contribution in [1.29, 1.82) is 0 Å². The average Bonchev–Trinajstić information content (AvgIpc) is 2.66. The number of carboxylic acids is 1. The molecule has 0 aliphatic heterocycles. The van der Waals surface area contributed by atoms with Crippen molar-refractivity contribution in [3.05, 3.63) is 83.9 Å². The van der Waals surface area contributed by atoms with Crippen LogP contribution in [0, 0.1) is 6.92 Å². The summed E-state index contributed by atoms with van der Waals surface area (Å²) < 4.78 is 0. The average molecular weight is 363 g/mol. The summed E-state index contributed by atoms with van der Waals surface area (Å²) in [7, 11) is 0. The Morgan fingerprint density at radius 3 is 2.35 bits per heavy atom. The first-order valence-electron chi connectivity index (χ1n) is 8.45. The Morgan fingerprint density at radius 2 is 1.65 bits per heavy atom. The van der Waals surface area contributed by atoms with Crippen LogP contribution >= 0.6 is 11.8 Å². The van der Waals surface area contributed by atoms with Crippen LogP contribution in [0.3, 0.4) is 0 Å². The standard InChI is InChI=1S/C22H21NO2S/c1-16-4-2-6-18(12-16)19-7-3-5-17(13-19)14-23-20-8-10-21(11-9-20)26-15-22(24)25/h2-13,23H,14-15H2,1H3,(H,24,25). The number of benzene rings is 3. The van der Waals surface area contributed by atoms with E-state index in [1.54, 1.807) is 0 Å². The number of anilines is 1. The summed E-state index contributed by atoms with van der Waals surface area (Å²) in [4.78, 5) is 11.6. The molecule has 0 heterocycles. The minimum Gasteiger partial charge on any atom is -0.481 e. The monoisotopic (exact) mass is 363 g/mol. The van der Waals surface area contributed by atoms with Crippen LogP contribution in [-0.4, -0.2) is 16.8 Å². The van der Waals surface area contributed by atoms with Gasteiger partial charge in [0.05, 0.1) is 5.75 Å². The first-order valence-corrected chi connectivity index (χ1v) is 9.43. The van der Waals surface area contributed by atoms with Crippen molar-refractivity contribution in [2.45, 2.75) is 18.4 Å². The molecule has 3 rings (SSSR count). The van der Waals surface area contributed by atoms with Crippen molar-refractivity contribution in [3.63, 3.8) is 0 Å². The summed E-state index contributed by atoms with van der Waals surface area (Å²) in [5.41, 5.74) is 5.94. The Bertz CT molecular complexity index is 891. The molecule has 0 saturated carbocycles. The highest BCUT2D eigenvalue weighted by Crippen LogP contribution is 2.23. The number of thioether (sulfide) groups is 1. The minimum absolute atomic E-state index is 0.0819. The Labute approximate surface area is 158 Å². The highest BCUT2D eigenvalue weighted by Gasteiger charge is 2.02. The summed E-state index contributed by atoms with van der Waals surface area (Å²) in [5.74, 6) is -0.718. The maximum Gasteiger partial charge on any atom is 0.313 e. The fourth-order valence-electron chi connectivity index (χ4n) is 2.70. The third-order valence-electron chi connectivity index (χ3n) is 3.99. The molecule has 2 N–H and O–H groups in total. The zero-order valence-electron chi connectivity index (χ0n) is 14.6. The first kappa shape index (κ1) is 18.1. The number of carbonyl (C=O) groups is 1. The topological polar surface area (TPSA) is 49.3 Å². The van der Waals surface area contributed by atoms with Gasteiger partial charge in [0.15, 0.2) is 0 Å². The van der Waals surface area contributed by atoms with Gasteiger partial charge >= 0.3 is 5.97 Å².